The zero-order chi connectivity index (χ0) is 10.3. The molecule has 0 aromatic carbocycles. The van der Waals surface area contributed by atoms with Crippen molar-refractivity contribution in [1.29, 1.82) is 0 Å². The van der Waals surface area contributed by atoms with Gasteiger partial charge in [-0.15, -0.1) is 0 Å². The molecule has 0 aliphatic heterocycles. The SMILES string of the molecule is Cc1cnc(C(C)(C)C)n2ccnc12. The number of fused-ring (bicyclic) bond motifs is 1. The molecule has 14 heavy (non-hydrogen) atoms. The van der Waals surface area contributed by atoms with Gasteiger partial charge in [-0.25, -0.2) is 9.97 Å². The highest BCUT2D eigenvalue weighted by atomic mass is 15.1. The molecule has 74 valence electrons. The Morgan fingerprint density at radius 2 is 1.93 bits per heavy atom. The fourth-order valence-corrected chi connectivity index (χ4v) is 1.60. The van der Waals surface area contributed by atoms with Crippen LogP contribution in [0.4, 0.5) is 0 Å². The van der Waals surface area contributed by atoms with Crippen LogP contribution >= 0.6 is 0 Å². The van der Waals surface area contributed by atoms with Gasteiger partial charge < -0.3 is 0 Å². The van der Waals surface area contributed by atoms with Gasteiger partial charge >= 0.3 is 0 Å². The van der Waals surface area contributed by atoms with Crippen molar-refractivity contribution in [1.82, 2.24) is 14.4 Å². The maximum atomic E-state index is 4.47. The Kier molecular flexibility index (Phi) is 1.84. The summed E-state index contributed by atoms with van der Waals surface area (Å²) in [5.74, 6) is 1.05. The number of aromatic nitrogens is 3. The minimum Gasteiger partial charge on any atom is -0.287 e. The summed E-state index contributed by atoms with van der Waals surface area (Å²) < 4.78 is 2.06. The zero-order valence-corrected chi connectivity index (χ0v) is 9.07. The van der Waals surface area contributed by atoms with Gasteiger partial charge in [-0.3, -0.25) is 4.40 Å². The predicted octanol–water partition coefficient (Wildman–Crippen LogP) is 2.34. The van der Waals surface area contributed by atoms with E-state index in [-0.39, 0.29) is 5.41 Å². The molecule has 3 heteroatoms. The lowest BCUT2D eigenvalue weighted by atomic mass is 9.95. The minimum absolute atomic E-state index is 0.0483. The Hall–Kier alpha value is -1.38. The van der Waals surface area contributed by atoms with E-state index in [9.17, 15) is 0 Å². The zero-order valence-electron chi connectivity index (χ0n) is 9.07. The third kappa shape index (κ3) is 1.29. The Morgan fingerprint density at radius 1 is 1.21 bits per heavy atom. The first-order valence-corrected chi connectivity index (χ1v) is 4.79. The summed E-state index contributed by atoms with van der Waals surface area (Å²) in [7, 11) is 0. The molecule has 0 unspecified atom stereocenters. The van der Waals surface area contributed by atoms with Crippen molar-refractivity contribution in [2.24, 2.45) is 0 Å². The Balaban J connectivity index is 2.80. The number of imidazole rings is 1. The third-order valence-corrected chi connectivity index (χ3v) is 2.27. The molecule has 3 nitrogen and oxygen atoms in total. The van der Waals surface area contributed by atoms with E-state index in [1.807, 2.05) is 25.5 Å². The third-order valence-electron chi connectivity index (χ3n) is 2.27. The molecule has 2 heterocycles. The first-order valence-electron chi connectivity index (χ1n) is 4.79. The van der Waals surface area contributed by atoms with Gasteiger partial charge in [0, 0.05) is 29.6 Å². The van der Waals surface area contributed by atoms with E-state index in [1.54, 1.807) is 0 Å². The Bertz CT molecular complexity index is 463. The van der Waals surface area contributed by atoms with Crippen LogP contribution in [0.1, 0.15) is 32.2 Å². The molecule has 0 atom stereocenters. The molecule has 0 fully saturated rings. The second-order valence-electron chi connectivity index (χ2n) is 4.64. The Morgan fingerprint density at radius 3 is 2.57 bits per heavy atom. The van der Waals surface area contributed by atoms with Crippen LogP contribution in [0.3, 0.4) is 0 Å². The predicted molar refractivity (Wildman–Crippen MR) is 56.4 cm³/mol. The number of rotatable bonds is 0. The van der Waals surface area contributed by atoms with Crippen LogP contribution in [-0.4, -0.2) is 14.4 Å². The molecule has 0 saturated heterocycles. The number of hydrogen-bond donors (Lipinski definition) is 0. The van der Waals surface area contributed by atoms with Crippen LogP contribution in [0, 0.1) is 6.92 Å². The van der Waals surface area contributed by atoms with Crippen molar-refractivity contribution >= 4 is 5.65 Å². The van der Waals surface area contributed by atoms with Gasteiger partial charge in [0.05, 0.1) is 0 Å². The van der Waals surface area contributed by atoms with Crippen LogP contribution in [0.2, 0.25) is 0 Å². The topological polar surface area (TPSA) is 30.2 Å². The number of hydrogen-bond acceptors (Lipinski definition) is 2. The van der Waals surface area contributed by atoms with Crippen molar-refractivity contribution < 1.29 is 0 Å². The molecule has 2 aromatic heterocycles. The molecular weight excluding hydrogens is 174 g/mol. The minimum atomic E-state index is 0.0483. The highest BCUT2D eigenvalue weighted by molar-refractivity contribution is 5.46. The van der Waals surface area contributed by atoms with E-state index < -0.39 is 0 Å². The molecule has 0 spiro atoms. The summed E-state index contributed by atoms with van der Waals surface area (Å²) in [6.07, 6.45) is 5.68. The molecule has 0 radical (unpaired) electrons. The lowest BCUT2D eigenvalue weighted by Crippen LogP contribution is -2.18. The fourth-order valence-electron chi connectivity index (χ4n) is 1.60. The smallest absolute Gasteiger partial charge is 0.142 e. The molecular formula is C11H15N3. The normalized spacial score (nSPS) is 12.3. The quantitative estimate of drug-likeness (QED) is 0.636. The van der Waals surface area contributed by atoms with Crippen molar-refractivity contribution in [3.05, 3.63) is 30.0 Å². The summed E-state index contributed by atoms with van der Waals surface area (Å²) in [6.45, 7) is 8.50. The van der Waals surface area contributed by atoms with Crippen molar-refractivity contribution in [2.75, 3.05) is 0 Å². The summed E-state index contributed by atoms with van der Waals surface area (Å²) in [6, 6.07) is 0. The monoisotopic (exact) mass is 189 g/mol. The van der Waals surface area contributed by atoms with E-state index in [1.165, 1.54) is 0 Å². The molecule has 0 saturated carbocycles. The second-order valence-corrected chi connectivity index (χ2v) is 4.64. The molecule has 0 amide bonds. The van der Waals surface area contributed by atoms with E-state index in [4.69, 9.17) is 0 Å². The van der Waals surface area contributed by atoms with E-state index in [2.05, 4.69) is 35.1 Å². The molecule has 0 aliphatic carbocycles. The summed E-state index contributed by atoms with van der Waals surface area (Å²) in [4.78, 5) is 8.79. The largest absolute Gasteiger partial charge is 0.287 e. The molecule has 0 N–H and O–H groups in total. The maximum Gasteiger partial charge on any atom is 0.142 e. The first-order chi connectivity index (χ1) is 6.50. The highest BCUT2D eigenvalue weighted by Crippen LogP contribution is 2.21. The summed E-state index contributed by atoms with van der Waals surface area (Å²) in [5, 5.41) is 0. The molecule has 0 aliphatic rings. The van der Waals surface area contributed by atoms with E-state index >= 15 is 0 Å². The van der Waals surface area contributed by atoms with Gasteiger partial charge in [-0.1, -0.05) is 20.8 Å². The van der Waals surface area contributed by atoms with Gasteiger partial charge in [0.1, 0.15) is 11.5 Å². The van der Waals surface area contributed by atoms with Gasteiger partial charge in [-0.2, -0.15) is 0 Å². The van der Waals surface area contributed by atoms with Crippen LogP contribution in [0.5, 0.6) is 0 Å². The first kappa shape index (κ1) is 9.19. The average molecular weight is 189 g/mol. The van der Waals surface area contributed by atoms with Crippen LogP contribution in [0.15, 0.2) is 18.6 Å². The number of aryl methyl sites for hydroxylation is 1. The fraction of sp³-hybridized carbons (Fsp3) is 0.455. The summed E-state index contributed by atoms with van der Waals surface area (Å²) >= 11 is 0. The van der Waals surface area contributed by atoms with Crippen molar-refractivity contribution in [3.63, 3.8) is 0 Å². The van der Waals surface area contributed by atoms with E-state index in [0.29, 0.717) is 0 Å². The van der Waals surface area contributed by atoms with Gasteiger partial charge in [-0.05, 0) is 6.92 Å². The maximum absolute atomic E-state index is 4.47. The lowest BCUT2D eigenvalue weighted by Gasteiger charge is -2.19. The molecule has 0 bridgehead atoms. The van der Waals surface area contributed by atoms with Gasteiger partial charge in [0.15, 0.2) is 0 Å². The standard InChI is InChI=1S/C11H15N3/c1-8-7-13-10(11(2,3)4)14-6-5-12-9(8)14/h5-7H,1-4H3. The lowest BCUT2D eigenvalue weighted by molar-refractivity contribution is 0.536. The van der Waals surface area contributed by atoms with Gasteiger partial charge in [0.25, 0.3) is 0 Å². The van der Waals surface area contributed by atoms with Crippen molar-refractivity contribution in [3.8, 4) is 0 Å². The highest BCUT2D eigenvalue weighted by Gasteiger charge is 2.19. The number of nitrogens with zero attached hydrogens (tertiary/aromatic N) is 3. The average Bonchev–Trinajstić information content (AvgIpc) is 2.50. The van der Waals surface area contributed by atoms with Crippen molar-refractivity contribution in [2.45, 2.75) is 33.1 Å². The molecule has 2 aromatic rings. The van der Waals surface area contributed by atoms with Crippen LogP contribution < -0.4 is 0 Å². The summed E-state index contributed by atoms with van der Waals surface area (Å²) in [5.41, 5.74) is 2.17. The van der Waals surface area contributed by atoms with Gasteiger partial charge in [0.2, 0.25) is 0 Å². The van der Waals surface area contributed by atoms with E-state index in [0.717, 1.165) is 17.0 Å². The van der Waals surface area contributed by atoms with Crippen LogP contribution in [0.25, 0.3) is 5.65 Å². The van der Waals surface area contributed by atoms with Crippen LogP contribution in [-0.2, 0) is 5.41 Å². The molecule has 2 rings (SSSR count). The second kappa shape index (κ2) is 2.80. The Labute approximate surface area is 83.8 Å².